The van der Waals surface area contributed by atoms with Crippen molar-refractivity contribution in [3.8, 4) is 16.9 Å². The topological polar surface area (TPSA) is 90.7 Å². The lowest BCUT2D eigenvalue weighted by molar-refractivity contribution is 0.0600. The molecule has 0 bridgehead atoms. The summed E-state index contributed by atoms with van der Waals surface area (Å²) in [6.07, 6.45) is 0.386. The number of amides is 1. The zero-order chi connectivity index (χ0) is 22.1. The van der Waals surface area contributed by atoms with Crippen LogP contribution in [-0.4, -0.2) is 36.8 Å². The first kappa shape index (κ1) is 20.9. The van der Waals surface area contributed by atoms with Crippen molar-refractivity contribution in [3.63, 3.8) is 0 Å². The van der Waals surface area contributed by atoms with Crippen LogP contribution >= 0.6 is 11.6 Å². The molecule has 2 heterocycles. The van der Waals surface area contributed by atoms with Gasteiger partial charge in [0, 0.05) is 22.6 Å². The molecule has 160 valence electrons. The lowest BCUT2D eigenvalue weighted by Gasteiger charge is -2.14. The van der Waals surface area contributed by atoms with Crippen molar-refractivity contribution in [1.82, 2.24) is 10.5 Å². The second-order valence-corrected chi connectivity index (χ2v) is 7.80. The van der Waals surface area contributed by atoms with Crippen molar-refractivity contribution in [3.05, 3.63) is 69.6 Å². The Kier molecular flexibility index (Phi) is 5.69. The molecule has 1 amide bonds. The van der Waals surface area contributed by atoms with Crippen LogP contribution < -0.4 is 10.1 Å². The van der Waals surface area contributed by atoms with Crippen LogP contribution in [0.3, 0.4) is 0 Å². The van der Waals surface area contributed by atoms with Gasteiger partial charge < -0.3 is 19.3 Å². The van der Waals surface area contributed by atoms with Crippen LogP contribution in [0.1, 0.15) is 37.7 Å². The molecule has 31 heavy (non-hydrogen) atoms. The maximum absolute atomic E-state index is 12.5. The first-order chi connectivity index (χ1) is 14.9. The number of benzene rings is 2. The summed E-state index contributed by atoms with van der Waals surface area (Å²) in [4.78, 5) is 24.2. The second-order valence-electron chi connectivity index (χ2n) is 7.36. The first-order valence-corrected chi connectivity index (χ1v) is 10.1. The molecule has 0 saturated heterocycles. The quantitative estimate of drug-likeness (QED) is 0.600. The predicted molar refractivity (Wildman–Crippen MR) is 115 cm³/mol. The molecule has 1 aromatic heterocycles. The minimum absolute atomic E-state index is 0.231. The van der Waals surface area contributed by atoms with Crippen LogP contribution in [0.4, 0.5) is 0 Å². The van der Waals surface area contributed by atoms with E-state index in [9.17, 15) is 9.59 Å². The smallest absolute Gasteiger partial charge is 0.337 e. The molecular weight excluding hydrogens is 420 g/mol. The molecule has 4 rings (SSSR count). The van der Waals surface area contributed by atoms with Crippen molar-refractivity contribution in [1.29, 1.82) is 0 Å². The number of aromatic nitrogens is 1. The predicted octanol–water partition coefficient (Wildman–Crippen LogP) is 4.13. The Labute approximate surface area is 184 Å². The van der Waals surface area contributed by atoms with E-state index < -0.39 is 5.97 Å². The molecule has 0 radical (unpaired) electrons. The maximum Gasteiger partial charge on any atom is 0.337 e. The first-order valence-electron chi connectivity index (χ1n) is 9.76. The van der Waals surface area contributed by atoms with Crippen LogP contribution in [0.25, 0.3) is 11.1 Å². The van der Waals surface area contributed by atoms with Gasteiger partial charge >= 0.3 is 5.97 Å². The van der Waals surface area contributed by atoms with Gasteiger partial charge in [0.25, 0.3) is 5.91 Å². The number of carbonyl (C=O) groups is 2. The number of ether oxygens (including phenoxy) is 2. The van der Waals surface area contributed by atoms with E-state index in [1.807, 2.05) is 24.3 Å². The van der Waals surface area contributed by atoms with Crippen LogP contribution in [0.15, 0.2) is 40.9 Å². The summed E-state index contributed by atoms with van der Waals surface area (Å²) >= 11 is 6.34. The van der Waals surface area contributed by atoms with Gasteiger partial charge in [0.2, 0.25) is 0 Å². The molecule has 0 saturated carbocycles. The van der Waals surface area contributed by atoms with Crippen molar-refractivity contribution in [2.75, 3.05) is 13.7 Å². The number of fused-ring (bicyclic) bond motifs is 1. The summed E-state index contributed by atoms with van der Waals surface area (Å²) in [5, 5.41) is 7.30. The number of aryl methyl sites for hydroxylation is 2. The van der Waals surface area contributed by atoms with Crippen LogP contribution in [0, 0.1) is 13.8 Å². The molecular formula is C23H21ClN2O5. The van der Waals surface area contributed by atoms with Gasteiger partial charge in [-0.05, 0) is 43.7 Å². The summed E-state index contributed by atoms with van der Waals surface area (Å²) in [5.41, 5.74) is 4.13. The van der Waals surface area contributed by atoms with Crippen molar-refractivity contribution in [2.24, 2.45) is 0 Å². The van der Waals surface area contributed by atoms with E-state index >= 15 is 0 Å². The monoisotopic (exact) mass is 440 g/mol. The van der Waals surface area contributed by atoms with Gasteiger partial charge in [0.05, 0.1) is 24.9 Å². The standard InChI is InChI=1S/C23H21ClN2O5/c1-12-20(13(2)31-26-12)22(27)25-11-18-9-16-8-17(24)10-19(21(16)30-18)14-4-6-15(7-5-14)23(28)29-3/h4-8,10,18H,9,11H2,1-3H3,(H,25,27). The van der Waals surface area contributed by atoms with Gasteiger partial charge in [-0.3, -0.25) is 4.79 Å². The minimum atomic E-state index is -0.395. The molecule has 0 spiro atoms. The third-order valence-corrected chi connectivity index (χ3v) is 5.45. The largest absolute Gasteiger partial charge is 0.487 e. The molecule has 0 fully saturated rings. The number of nitrogens with one attached hydrogen (secondary N) is 1. The van der Waals surface area contributed by atoms with Crippen LogP contribution in [0.2, 0.25) is 5.02 Å². The zero-order valence-corrected chi connectivity index (χ0v) is 18.1. The number of halogens is 1. The SMILES string of the molecule is COC(=O)c1ccc(-c2cc(Cl)cc3c2OC(CNC(=O)c2c(C)noc2C)C3)cc1. The van der Waals surface area contributed by atoms with E-state index in [0.717, 1.165) is 22.4 Å². The number of carbonyl (C=O) groups excluding carboxylic acids is 2. The van der Waals surface area contributed by atoms with E-state index in [1.54, 1.807) is 26.0 Å². The Hall–Kier alpha value is -3.32. The number of nitrogens with zero attached hydrogens (tertiary/aromatic N) is 1. The van der Waals surface area contributed by atoms with Gasteiger partial charge in [-0.1, -0.05) is 28.9 Å². The Morgan fingerprint density at radius 2 is 1.97 bits per heavy atom. The Morgan fingerprint density at radius 3 is 2.61 bits per heavy atom. The number of hydrogen-bond donors (Lipinski definition) is 1. The molecule has 3 aromatic rings. The number of hydrogen-bond acceptors (Lipinski definition) is 6. The fraction of sp³-hybridized carbons (Fsp3) is 0.261. The van der Waals surface area contributed by atoms with Gasteiger partial charge in [-0.25, -0.2) is 4.79 Å². The van der Waals surface area contributed by atoms with E-state index in [1.165, 1.54) is 7.11 Å². The summed E-state index contributed by atoms with van der Waals surface area (Å²) < 4.78 is 16.0. The fourth-order valence-corrected chi connectivity index (χ4v) is 3.97. The Bertz CT molecular complexity index is 1130. The van der Waals surface area contributed by atoms with Crippen LogP contribution in [-0.2, 0) is 11.2 Å². The molecule has 2 aromatic carbocycles. The maximum atomic E-state index is 12.5. The molecule has 1 unspecified atom stereocenters. The third kappa shape index (κ3) is 4.14. The van der Waals surface area contributed by atoms with E-state index in [2.05, 4.69) is 10.5 Å². The highest BCUT2D eigenvalue weighted by Crippen LogP contribution is 2.41. The van der Waals surface area contributed by atoms with Gasteiger partial charge in [-0.2, -0.15) is 0 Å². The van der Waals surface area contributed by atoms with E-state index in [-0.39, 0.29) is 12.0 Å². The highest BCUT2D eigenvalue weighted by molar-refractivity contribution is 6.31. The lowest BCUT2D eigenvalue weighted by atomic mass is 9.99. The zero-order valence-electron chi connectivity index (χ0n) is 17.3. The number of methoxy groups -OCH3 is 1. The normalized spacial score (nSPS) is 14.6. The Morgan fingerprint density at radius 1 is 1.23 bits per heavy atom. The molecule has 8 heteroatoms. The molecule has 1 aliphatic rings. The van der Waals surface area contributed by atoms with Crippen molar-refractivity contribution < 1.29 is 23.6 Å². The molecule has 1 atom stereocenters. The van der Waals surface area contributed by atoms with Crippen molar-refractivity contribution in [2.45, 2.75) is 26.4 Å². The molecule has 1 aliphatic heterocycles. The fourth-order valence-electron chi connectivity index (χ4n) is 3.73. The molecule has 0 aliphatic carbocycles. The minimum Gasteiger partial charge on any atom is -0.487 e. The highest BCUT2D eigenvalue weighted by Gasteiger charge is 2.28. The van der Waals surface area contributed by atoms with E-state index in [0.29, 0.717) is 40.6 Å². The lowest BCUT2D eigenvalue weighted by Crippen LogP contribution is -2.34. The third-order valence-electron chi connectivity index (χ3n) is 5.23. The summed E-state index contributed by atoms with van der Waals surface area (Å²) in [5.74, 6) is 0.572. The summed E-state index contributed by atoms with van der Waals surface area (Å²) in [6, 6.07) is 10.8. The van der Waals surface area contributed by atoms with Crippen molar-refractivity contribution >= 4 is 23.5 Å². The average Bonchev–Trinajstić information content (AvgIpc) is 3.33. The molecule has 7 nitrogen and oxygen atoms in total. The summed E-state index contributed by atoms with van der Waals surface area (Å²) in [6.45, 7) is 3.76. The van der Waals surface area contributed by atoms with Gasteiger partial charge in [0.1, 0.15) is 23.2 Å². The average molecular weight is 441 g/mol. The van der Waals surface area contributed by atoms with Gasteiger partial charge in [-0.15, -0.1) is 0 Å². The number of rotatable bonds is 5. The summed E-state index contributed by atoms with van der Waals surface area (Å²) in [7, 11) is 1.35. The van der Waals surface area contributed by atoms with Gasteiger partial charge in [0.15, 0.2) is 0 Å². The van der Waals surface area contributed by atoms with E-state index in [4.69, 9.17) is 25.6 Å². The van der Waals surface area contributed by atoms with Crippen LogP contribution in [0.5, 0.6) is 5.75 Å². The highest BCUT2D eigenvalue weighted by atomic mass is 35.5. The number of esters is 1. The Balaban J connectivity index is 1.51. The molecule has 1 N–H and O–H groups in total. The second kappa shape index (κ2) is 8.43.